The minimum Gasteiger partial charge on any atom is -0.492 e. The Hall–Kier alpha value is -3.15. The van der Waals surface area contributed by atoms with E-state index in [1.807, 2.05) is 26.0 Å². The Balaban J connectivity index is 1.68. The summed E-state index contributed by atoms with van der Waals surface area (Å²) in [6.07, 6.45) is 2.94. The maximum Gasteiger partial charge on any atom is 0.270 e. The van der Waals surface area contributed by atoms with Gasteiger partial charge in [-0.3, -0.25) is 14.0 Å². The van der Waals surface area contributed by atoms with Crippen LogP contribution in [0.2, 0.25) is 0 Å². The number of aryl methyl sites for hydroxylation is 2. The third-order valence-electron chi connectivity index (χ3n) is 4.08. The molecule has 0 aliphatic carbocycles. The number of hydrogen-bond donors (Lipinski definition) is 0. The number of amides is 1. The van der Waals surface area contributed by atoms with Crippen molar-refractivity contribution >= 4 is 11.6 Å². The molecule has 6 heteroatoms. The van der Waals surface area contributed by atoms with Crippen molar-refractivity contribution in [2.45, 2.75) is 13.8 Å². The molecule has 134 valence electrons. The van der Waals surface area contributed by atoms with Crippen molar-refractivity contribution in [1.29, 1.82) is 0 Å². The number of likely N-dealkylation sites (N-methyl/N-ethyl adjacent to an activating group) is 1. The van der Waals surface area contributed by atoms with Gasteiger partial charge in [0.05, 0.1) is 6.54 Å². The molecule has 0 fully saturated rings. The highest BCUT2D eigenvalue weighted by Crippen LogP contribution is 2.16. The molecule has 0 aliphatic rings. The zero-order valence-corrected chi connectivity index (χ0v) is 15.1. The monoisotopic (exact) mass is 351 g/mol. The third kappa shape index (κ3) is 3.74. The predicted molar refractivity (Wildman–Crippen MR) is 99.8 cm³/mol. The molecule has 0 unspecified atom stereocenters. The summed E-state index contributed by atoms with van der Waals surface area (Å²) in [6, 6.07) is 11.2. The van der Waals surface area contributed by atoms with E-state index in [1.54, 1.807) is 31.4 Å². The molecule has 0 radical (unpaired) electrons. The fourth-order valence-corrected chi connectivity index (χ4v) is 2.80. The second kappa shape index (κ2) is 7.39. The molecule has 3 rings (SSSR count). The summed E-state index contributed by atoms with van der Waals surface area (Å²) in [7, 11) is 1.65. The molecule has 3 aromatic rings. The van der Waals surface area contributed by atoms with Crippen LogP contribution in [0.3, 0.4) is 0 Å². The molecule has 0 saturated heterocycles. The van der Waals surface area contributed by atoms with Crippen molar-refractivity contribution in [2.24, 2.45) is 0 Å². The fourth-order valence-electron chi connectivity index (χ4n) is 2.80. The standard InChI is InChI=1S/C20H21N3O3/c1-14-10-15(2)12-16(11-14)26-9-8-22(3)19(24)17-13-21-18-6-4-5-7-23(18)20(17)25/h4-7,10-13H,8-9H2,1-3H3. The quantitative estimate of drug-likeness (QED) is 0.708. The van der Waals surface area contributed by atoms with Crippen molar-refractivity contribution in [2.75, 3.05) is 20.2 Å². The molecule has 2 heterocycles. The average molecular weight is 351 g/mol. The van der Waals surface area contributed by atoms with E-state index < -0.39 is 0 Å². The van der Waals surface area contributed by atoms with Crippen LogP contribution < -0.4 is 10.3 Å². The van der Waals surface area contributed by atoms with E-state index in [2.05, 4.69) is 11.1 Å². The van der Waals surface area contributed by atoms with E-state index >= 15 is 0 Å². The highest BCUT2D eigenvalue weighted by Gasteiger charge is 2.17. The van der Waals surface area contributed by atoms with Gasteiger partial charge in [-0.05, 0) is 49.2 Å². The van der Waals surface area contributed by atoms with Crippen molar-refractivity contribution in [3.8, 4) is 5.75 Å². The van der Waals surface area contributed by atoms with Gasteiger partial charge in [0.1, 0.15) is 23.6 Å². The molecule has 0 aliphatic heterocycles. The smallest absolute Gasteiger partial charge is 0.270 e. The van der Waals surface area contributed by atoms with E-state index in [0.29, 0.717) is 18.8 Å². The van der Waals surface area contributed by atoms with Gasteiger partial charge in [-0.1, -0.05) is 12.1 Å². The zero-order valence-electron chi connectivity index (χ0n) is 15.1. The first kappa shape index (κ1) is 17.7. The van der Waals surface area contributed by atoms with Gasteiger partial charge < -0.3 is 9.64 Å². The first-order valence-electron chi connectivity index (χ1n) is 8.38. The number of fused-ring (bicyclic) bond motifs is 1. The van der Waals surface area contributed by atoms with E-state index in [0.717, 1.165) is 16.9 Å². The Labute approximate surface area is 151 Å². The summed E-state index contributed by atoms with van der Waals surface area (Å²) in [4.78, 5) is 30.7. The Morgan fingerprint density at radius 1 is 1.19 bits per heavy atom. The number of pyridine rings is 1. The second-order valence-electron chi connectivity index (χ2n) is 6.30. The lowest BCUT2D eigenvalue weighted by Crippen LogP contribution is -2.35. The van der Waals surface area contributed by atoms with E-state index in [1.165, 1.54) is 15.5 Å². The van der Waals surface area contributed by atoms with Crippen LogP contribution in [-0.4, -0.2) is 40.4 Å². The molecule has 1 amide bonds. The maximum atomic E-state index is 12.6. The molecule has 0 N–H and O–H groups in total. The van der Waals surface area contributed by atoms with Crippen LogP contribution in [0, 0.1) is 13.8 Å². The lowest BCUT2D eigenvalue weighted by molar-refractivity contribution is 0.0771. The van der Waals surface area contributed by atoms with Gasteiger partial charge in [-0.2, -0.15) is 0 Å². The van der Waals surface area contributed by atoms with Crippen LogP contribution in [0.25, 0.3) is 5.65 Å². The van der Waals surface area contributed by atoms with Gasteiger partial charge in [-0.25, -0.2) is 4.98 Å². The van der Waals surface area contributed by atoms with Crippen LogP contribution in [0.4, 0.5) is 0 Å². The summed E-state index contributed by atoms with van der Waals surface area (Å²) in [5, 5.41) is 0. The van der Waals surface area contributed by atoms with E-state index in [4.69, 9.17) is 4.74 Å². The molecule has 1 aromatic carbocycles. The van der Waals surface area contributed by atoms with Crippen LogP contribution in [0.15, 0.2) is 53.6 Å². The SMILES string of the molecule is Cc1cc(C)cc(OCCN(C)C(=O)c2cnc3ccccn3c2=O)c1. The van der Waals surface area contributed by atoms with E-state index in [-0.39, 0.29) is 17.0 Å². The fraction of sp³-hybridized carbons (Fsp3) is 0.250. The minimum absolute atomic E-state index is 0.0441. The van der Waals surface area contributed by atoms with Crippen molar-refractivity contribution in [3.05, 3.63) is 75.8 Å². The van der Waals surface area contributed by atoms with Crippen LogP contribution in [-0.2, 0) is 0 Å². The van der Waals surface area contributed by atoms with Gasteiger partial charge in [-0.15, -0.1) is 0 Å². The van der Waals surface area contributed by atoms with Crippen molar-refractivity contribution in [1.82, 2.24) is 14.3 Å². The molecule has 2 aromatic heterocycles. The summed E-state index contributed by atoms with van der Waals surface area (Å²) >= 11 is 0. The Kier molecular flexibility index (Phi) is 5.02. The molecule has 0 saturated carbocycles. The first-order valence-corrected chi connectivity index (χ1v) is 8.38. The van der Waals surface area contributed by atoms with Gasteiger partial charge in [0.25, 0.3) is 11.5 Å². The summed E-state index contributed by atoms with van der Waals surface area (Å²) in [6.45, 7) is 4.72. The number of aromatic nitrogens is 2. The number of nitrogens with zero attached hydrogens (tertiary/aromatic N) is 3. The summed E-state index contributed by atoms with van der Waals surface area (Å²) < 4.78 is 7.10. The van der Waals surface area contributed by atoms with Crippen molar-refractivity contribution in [3.63, 3.8) is 0 Å². The number of carbonyl (C=O) groups excluding carboxylic acids is 1. The largest absolute Gasteiger partial charge is 0.492 e. The third-order valence-corrected chi connectivity index (χ3v) is 4.08. The minimum atomic E-state index is -0.373. The predicted octanol–water partition coefficient (Wildman–Crippen LogP) is 2.46. The second-order valence-corrected chi connectivity index (χ2v) is 6.30. The van der Waals surface area contributed by atoms with Gasteiger partial charge in [0.2, 0.25) is 0 Å². The van der Waals surface area contributed by atoms with Gasteiger partial charge in [0, 0.05) is 19.4 Å². The van der Waals surface area contributed by atoms with Crippen LogP contribution >= 0.6 is 0 Å². The van der Waals surface area contributed by atoms with Gasteiger partial charge in [0.15, 0.2) is 0 Å². The molecular weight excluding hydrogens is 330 g/mol. The number of ether oxygens (including phenoxy) is 1. The summed E-state index contributed by atoms with van der Waals surface area (Å²) in [5.74, 6) is 0.403. The lowest BCUT2D eigenvalue weighted by atomic mass is 10.1. The Morgan fingerprint density at radius 3 is 2.65 bits per heavy atom. The van der Waals surface area contributed by atoms with Crippen molar-refractivity contribution < 1.29 is 9.53 Å². The molecular formula is C20H21N3O3. The maximum absolute atomic E-state index is 12.6. The molecule has 0 spiro atoms. The molecule has 0 bridgehead atoms. The number of carbonyl (C=O) groups is 1. The van der Waals surface area contributed by atoms with Crippen LogP contribution in [0.1, 0.15) is 21.5 Å². The lowest BCUT2D eigenvalue weighted by Gasteiger charge is -2.17. The molecule has 0 atom stereocenters. The Morgan fingerprint density at radius 2 is 1.92 bits per heavy atom. The highest BCUT2D eigenvalue weighted by atomic mass is 16.5. The van der Waals surface area contributed by atoms with Gasteiger partial charge >= 0.3 is 0 Å². The average Bonchev–Trinajstić information content (AvgIpc) is 2.61. The van der Waals surface area contributed by atoms with E-state index in [9.17, 15) is 9.59 Å². The Bertz CT molecular complexity index is 990. The zero-order chi connectivity index (χ0) is 18.7. The molecule has 26 heavy (non-hydrogen) atoms. The highest BCUT2D eigenvalue weighted by molar-refractivity contribution is 5.93. The summed E-state index contributed by atoms with van der Waals surface area (Å²) in [5.41, 5.74) is 2.43. The van der Waals surface area contributed by atoms with Crippen LogP contribution in [0.5, 0.6) is 5.75 Å². The normalized spacial score (nSPS) is 10.7. The number of hydrogen-bond acceptors (Lipinski definition) is 4. The first-order chi connectivity index (χ1) is 12.5. The number of benzene rings is 1. The number of rotatable bonds is 5. The topological polar surface area (TPSA) is 63.9 Å². The molecule has 6 nitrogen and oxygen atoms in total.